The van der Waals surface area contributed by atoms with Crippen LogP contribution in [0, 0.1) is 17.3 Å². The van der Waals surface area contributed by atoms with Crippen LogP contribution < -0.4 is 5.32 Å². The highest BCUT2D eigenvalue weighted by Crippen LogP contribution is 2.41. The van der Waals surface area contributed by atoms with Crippen LogP contribution in [-0.4, -0.2) is 37.6 Å². The number of hydrogen-bond acceptors (Lipinski definition) is 2. The fourth-order valence-electron chi connectivity index (χ4n) is 3.15. The van der Waals surface area contributed by atoms with E-state index in [4.69, 9.17) is 0 Å². The molecule has 2 heterocycles. The quantitative estimate of drug-likeness (QED) is 0.766. The van der Waals surface area contributed by atoms with Gasteiger partial charge in [0.05, 0.1) is 0 Å². The van der Waals surface area contributed by atoms with Crippen LogP contribution in [0.25, 0.3) is 0 Å². The Kier molecular flexibility index (Phi) is 3.36. The first kappa shape index (κ1) is 11.4. The van der Waals surface area contributed by atoms with Crippen molar-refractivity contribution in [2.24, 2.45) is 17.3 Å². The first-order chi connectivity index (χ1) is 7.14. The molecule has 2 unspecified atom stereocenters. The lowest BCUT2D eigenvalue weighted by Crippen LogP contribution is -2.60. The molecule has 0 aromatic carbocycles. The van der Waals surface area contributed by atoms with Gasteiger partial charge in [0.25, 0.3) is 0 Å². The highest BCUT2D eigenvalue weighted by molar-refractivity contribution is 4.97. The topological polar surface area (TPSA) is 15.3 Å². The van der Waals surface area contributed by atoms with Gasteiger partial charge in [-0.3, -0.25) is 0 Å². The normalized spacial score (nSPS) is 35.4. The predicted octanol–water partition coefficient (Wildman–Crippen LogP) is 1.96. The van der Waals surface area contributed by atoms with Crippen LogP contribution in [0.5, 0.6) is 0 Å². The van der Waals surface area contributed by atoms with Crippen molar-refractivity contribution in [2.45, 2.75) is 33.6 Å². The highest BCUT2D eigenvalue weighted by Gasteiger charge is 2.44. The zero-order valence-corrected chi connectivity index (χ0v) is 10.6. The number of fused-ring (bicyclic) bond motifs is 2. The first-order valence-electron chi connectivity index (χ1n) is 6.57. The average Bonchev–Trinajstić information content (AvgIpc) is 2.14. The second-order valence-electron chi connectivity index (χ2n) is 5.99. The summed E-state index contributed by atoms with van der Waals surface area (Å²) >= 11 is 0. The van der Waals surface area contributed by atoms with Gasteiger partial charge in [0.15, 0.2) is 0 Å². The van der Waals surface area contributed by atoms with E-state index in [2.05, 4.69) is 31.0 Å². The third-order valence-electron chi connectivity index (χ3n) is 4.67. The smallest absolute Gasteiger partial charge is 0.00272 e. The van der Waals surface area contributed by atoms with Gasteiger partial charge in [-0.1, -0.05) is 27.2 Å². The summed E-state index contributed by atoms with van der Waals surface area (Å²) < 4.78 is 0. The van der Waals surface area contributed by atoms with E-state index in [1.54, 1.807) is 0 Å². The lowest BCUT2D eigenvalue weighted by molar-refractivity contribution is -0.0245. The molecule has 2 aliphatic heterocycles. The summed E-state index contributed by atoms with van der Waals surface area (Å²) in [5.74, 6) is 1.73. The Morgan fingerprint density at radius 1 is 1.20 bits per heavy atom. The Morgan fingerprint density at radius 2 is 1.80 bits per heavy atom. The maximum absolute atomic E-state index is 3.59. The monoisotopic (exact) mass is 210 g/mol. The molecule has 2 rings (SSSR count). The maximum atomic E-state index is 3.59. The minimum atomic E-state index is 0.563. The number of hydrogen-bond donors (Lipinski definition) is 1. The molecule has 0 aliphatic carbocycles. The fourth-order valence-corrected chi connectivity index (χ4v) is 3.15. The molecule has 0 saturated carbocycles. The number of nitrogens with one attached hydrogen (secondary N) is 1. The summed E-state index contributed by atoms with van der Waals surface area (Å²) in [5, 5.41) is 3.59. The fraction of sp³-hybridized carbons (Fsp3) is 1.00. The van der Waals surface area contributed by atoms with Crippen molar-refractivity contribution in [1.82, 2.24) is 10.2 Å². The van der Waals surface area contributed by atoms with E-state index in [1.807, 2.05) is 0 Å². The van der Waals surface area contributed by atoms with E-state index in [-0.39, 0.29) is 0 Å². The zero-order chi connectivity index (χ0) is 10.9. The van der Waals surface area contributed by atoms with Crippen molar-refractivity contribution in [2.75, 3.05) is 32.7 Å². The molecule has 2 nitrogen and oxygen atoms in total. The Balaban J connectivity index is 1.96. The lowest BCUT2D eigenvalue weighted by Gasteiger charge is -2.53. The number of rotatable bonds is 3. The summed E-state index contributed by atoms with van der Waals surface area (Å²) in [6.45, 7) is 13.6. The summed E-state index contributed by atoms with van der Waals surface area (Å²) in [4.78, 5) is 2.70. The van der Waals surface area contributed by atoms with Crippen molar-refractivity contribution in [3.05, 3.63) is 0 Å². The SMILES string of the molecule is CCCCN1CC2CNCC(C1)C2(C)C. The molecule has 1 N–H and O–H groups in total. The van der Waals surface area contributed by atoms with Crippen molar-refractivity contribution in [3.8, 4) is 0 Å². The Morgan fingerprint density at radius 3 is 2.33 bits per heavy atom. The molecule has 2 saturated heterocycles. The third kappa shape index (κ3) is 2.21. The molecule has 2 fully saturated rings. The van der Waals surface area contributed by atoms with Gasteiger partial charge in [0.2, 0.25) is 0 Å². The Labute approximate surface area is 94.4 Å². The Hall–Kier alpha value is -0.0800. The second kappa shape index (κ2) is 4.42. The van der Waals surface area contributed by atoms with E-state index in [1.165, 1.54) is 45.6 Å². The van der Waals surface area contributed by atoms with Gasteiger partial charge in [-0.05, 0) is 43.3 Å². The van der Waals surface area contributed by atoms with Crippen LogP contribution >= 0.6 is 0 Å². The minimum absolute atomic E-state index is 0.563. The van der Waals surface area contributed by atoms with Gasteiger partial charge in [-0.2, -0.15) is 0 Å². The zero-order valence-electron chi connectivity index (χ0n) is 10.6. The molecule has 0 spiro atoms. The minimum Gasteiger partial charge on any atom is -0.316 e. The summed E-state index contributed by atoms with van der Waals surface area (Å²) in [5.41, 5.74) is 0.563. The number of piperidine rings is 2. The van der Waals surface area contributed by atoms with E-state index < -0.39 is 0 Å². The molecule has 88 valence electrons. The molecule has 2 bridgehead atoms. The van der Waals surface area contributed by atoms with Crippen LogP contribution in [0.4, 0.5) is 0 Å². The van der Waals surface area contributed by atoms with Gasteiger partial charge in [-0.25, -0.2) is 0 Å². The molecular formula is C13H26N2. The van der Waals surface area contributed by atoms with Crippen molar-refractivity contribution >= 4 is 0 Å². The molecule has 0 radical (unpaired) electrons. The van der Waals surface area contributed by atoms with E-state index in [9.17, 15) is 0 Å². The molecule has 2 heteroatoms. The third-order valence-corrected chi connectivity index (χ3v) is 4.67. The van der Waals surface area contributed by atoms with Crippen molar-refractivity contribution in [3.63, 3.8) is 0 Å². The van der Waals surface area contributed by atoms with E-state index >= 15 is 0 Å². The average molecular weight is 210 g/mol. The van der Waals surface area contributed by atoms with Gasteiger partial charge in [0, 0.05) is 13.1 Å². The molecule has 2 aliphatic rings. The summed E-state index contributed by atoms with van der Waals surface area (Å²) in [7, 11) is 0. The van der Waals surface area contributed by atoms with Gasteiger partial charge >= 0.3 is 0 Å². The van der Waals surface area contributed by atoms with Crippen LogP contribution in [0.15, 0.2) is 0 Å². The first-order valence-corrected chi connectivity index (χ1v) is 6.57. The summed E-state index contributed by atoms with van der Waals surface area (Å²) in [6, 6.07) is 0. The standard InChI is InChI=1S/C13H26N2/c1-4-5-6-15-9-11-7-14-8-12(10-15)13(11,2)3/h11-12,14H,4-10H2,1-3H3. The van der Waals surface area contributed by atoms with Gasteiger partial charge in [0.1, 0.15) is 0 Å². The number of unbranched alkanes of at least 4 members (excludes halogenated alkanes) is 1. The van der Waals surface area contributed by atoms with Crippen molar-refractivity contribution in [1.29, 1.82) is 0 Å². The molecule has 0 aromatic rings. The molecule has 0 amide bonds. The van der Waals surface area contributed by atoms with E-state index in [0.29, 0.717) is 5.41 Å². The molecule has 2 atom stereocenters. The van der Waals surface area contributed by atoms with Crippen LogP contribution in [0.1, 0.15) is 33.6 Å². The maximum Gasteiger partial charge on any atom is 0.00272 e. The van der Waals surface area contributed by atoms with Crippen LogP contribution in [-0.2, 0) is 0 Å². The van der Waals surface area contributed by atoms with E-state index in [0.717, 1.165) is 11.8 Å². The lowest BCUT2D eigenvalue weighted by atomic mass is 9.64. The number of nitrogens with zero attached hydrogens (tertiary/aromatic N) is 1. The largest absolute Gasteiger partial charge is 0.316 e. The van der Waals surface area contributed by atoms with Crippen molar-refractivity contribution < 1.29 is 0 Å². The number of likely N-dealkylation sites (tertiary alicyclic amines) is 1. The molecule has 0 aromatic heterocycles. The van der Waals surface area contributed by atoms with Crippen LogP contribution in [0.3, 0.4) is 0 Å². The van der Waals surface area contributed by atoms with Gasteiger partial charge < -0.3 is 10.2 Å². The van der Waals surface area contributed by atoms with Gasteiger partial charge in [-0.15, -0.1) is 0 Å². The highest BCUT2D eigenvalue weighted by atomic mass is 15.2. The Bertz CT molecular complexity index is 197. The second-order valence-corrected chi connectivity index (χ2v) is 5.99. The van der Waals surface area contributed by atoms with Crippen LogP contribution in [0.2, 0.25) is 0 Å². The predicted molar refractivity (Wildman–Crippen MR) is 65.0 cm³/mol. The summed E-state index contributed by atoms with van der Waals surface area (Å²) in [6.07, 6.45) is 2.70. The molecular weight excluding hydrogens is 184 g/mol. The molecule has 15 heavy (non-hydrogen) atoms.